The fourth-order valence-corrected chi connectivity index (χ4v) is 9.33. The van der Waals surface area contributed by atoms with Crippen LogP contribution >= 0.6 is 0 Å². The molecule has 0 bridgehead atoms. The summed E-state index contributed by atoms with van der Waals surface area (Å²) >= 11 is 0. The molecule has 0 aliphatic heterocycles. The van der Waals surface area contributed by atoms with Gasteiger partial charge in [-0.1, -0.05) is 84.0 Å². The van der Waals surface area contributed by atoms with Crippen molar-refractivity contribution in [3.63, 3.8) is 0 Å². The highest BCUT2D eigenvalue weighted by atomic mass is 16.4. The van der Waals surface area contributed by atoms with E-state index in [1.807, 2.05) is 0 Å². The van der Waals surface area contributed by atoms with Crippen LogP contribution in [0.1, 0.15) is 195 Å². The number of carboxylic acids is 1. The van der Waals surface area contributed by atoms with Crippen molar-refractivity contribution in [3.8, 4) is 0 Å². The Morgan fingerprint density at radius 2 is 0.872 bits per heavy atom. The van der Waals surface area contributed by atoms with Gasteiger partial charge in [0, 0.05) is 69.9 Å². The molecule has 28 nitrogen and oxygen atoms in total. The van der Waals surface area contributed by atoms with Crippen LogP contribution in [0.25, 0.3) is 0 Å². The number of aliphatic hydroxyl groups is 4. The van der Waals surface area contributed by atoms with E-state index in [1.54, 1.807) is 0 Å². The van der Waals surface area contributed by atoms with Crippen molar-refractivity contribution in [2.75, 3.05) is 33.4 Å². The molecule has 0 aliphatic rings. The molecule has 0 rings (SSSR count). The number of Topliss-reactive ketones (excluding diaryl/α,β-unsaturated/α-hetero) is 5. The highest BCUT2D eigenvalue weighted by Gasteiger charge is 2.35. The first-order valence-electron chi connectivity index (χ1n) is 30.2. The van der Waals surface area contributed by atoms with E-state index in [9.17, 15) is 78.3 Å². The Morgan fingerprint density at radius 3 is 1.30 bits per heavy atom. The van der Waals surface area contributed by atoms with Gasteiger partial charge in [0.25, 0.3) is 0 Å². The van der Waals surface area contributed by atoms with Crippen molar-refractivity contribution in [1.29, 1.82) is 0 Å². The lowest BCUT2D eigenvalue weighted by Gasteiger charge is -2.25. The fourth-order valence-electron chi connectivity index (χ4n) is 9.33. The first-order chi connectivity index (χ1) is 40.6. The number of aliphatic hydroxyl groups excluding tert-OH is 4. The minimum atomic E-state index is -1.63. The summed E-state index contributed by atoms with van der Waals surface area (Å²) in [4.78, 5) is 144. The molecule has 0 aromatic carbocycles. The van der Waals surface area contributed by atoms with Gasteiger partial charge in [-0.15, -0.1) is 0 Å². The number of rotatable bonds is 52. The van der Waals surface area contributed by atoms with Crippen LogP contribution in [-0.4, -0.2) is 172 Å². The van der Waals surface area contributed by atoms with E-state index in [1.165, 1.54) is 85.1 Å². The molecule has 0 aromatic rings. The van der Waals surface area contributed by atoms with E-state index in [0.717, 1.165) is 26.2 Å². The maximum atomic E-state index is 13.2. The number of amides is 5. The van der Waals surface area contributed by atoms with E-state index >= 15 is 0 Å². The summed E-state index contributed by atoms with van der Waals surface area (Å²) in [5.41, 5.74) is 31.6. The Labute approximate surface area is 506 Å². The van der Waals surface area contributed by atoms with Crippen LogP contribution in [0.5, 0.6) is 0 Å². The van der Waals surface area contributed by atoms with Crippen LogP contribution < -0.4 is 55.7 Å². The lowest BCUT2D eigenvalue weighted by Crippen LogP contribution is -2.52. The van der Waals surface area contributed by atoms with Gasteiger partial charge in [0.15, 0.2) is 35.1 Å². The Kier molecular flexibility index (Phi) is 46.1. The van der Waals surface area contributed by atoms with E-state index in [-0.39, 0.29) is 87.3 Å². The Morgan fingerprint density at radius 1 is 0.453 bits per heavy atom. The Bertz CT molecular complexity index is 2140. The predicted octanol–water partition coefficient (Wildman–Crippen LogP) is -0.144. The summed E-state index contributed by atoms with van der Waals surface area (Å²) in [7, 11) is 1.45. The van der Waals surface area contributed by atoms with Crippen molar-refractivity contribution < 1.29 is 78.3 Å². The van der Waals surface area contributed by atoms with Gasteiger partial charge >= 0.3 is 5.97 Å². The van der Waals surface area contributed by atoms with Crippen LogP contribution in [0.3, 0.4) is 0 Å². The van der Waals surface area contributed by atoms with Gasteiger partial charge in [-0.2, -0.15) is 0 Å². The molecule has 0 spiro atoms. The third kappa shape index (κ3) is 40.0. The third-order valence-electron chi connectivity index (χ3n) is 14.5. The van der Waals surface area contributed by atoms with Crippen LogP contribution in [0.4, 0.5) is 0 Å². The van der Waals surface area contributed by atoms with Crippen molar-refractivity contribution in [1.82, 2.24) is 21.3 Å². The van der Waals surface area contributed by atoms with Gasteiger partial charge < -0.3 is 81.2 Å². The van der Waals surface area contributed by atoms with Crippen LogP contribution in [0, 0.1) is 23.7 Å². The molecule has 0 aliphatic carbocycles. The number of likely N-dealkylation sites (N-methyl/N-ethyl adjacent to an activating group) is 1. The van der Waals surface area contributed by atoms with E-state index in [2.05, 4.69) is 38.2 Å². The second-order valence-electron chi connectivity index (χ2n) is 22.1. The lowest BCUT2D eigenvalue weighted by molar-refractivity contribution is -0.145. The van der Waals surface area contributed by atoms with Gasteiger partial charge in [0.1, 0.15) is 17.9 Å². The number of carbonyl (C=O) groups is 11. The van der Waals surface area contributed by atoms with Crippen molar-refractivity contribution in [3.05, 3.63) is 0 Å². The van der Waals surface area contributed by atoms with Gasteiger partial charge in [0.2, 0.25) is 29.5 Å². The van der Waals surface area contributed by atoms with Gasteiger partial charge in [0.05, 0.1) is 49.3 Å². The predicted molar refractivity (Wildman–Crippen MR) is 324 cm³/mol. The molecular formula is C58H106N12O16. The number of ketones is 5. The highest BCUT2D eigenvalue weighted by molar-refractivity contribution is 5.97. The van der Waals surface area contributed by atoms with Crippen LogP contribution in [0.2, 0.25) is 0 Å². The molecule has 86 heavy (non-hydrogen) atoms. The van der Waals surface area contributed by atoms with E-state index in [0.29, 0.717) is 25.8 Å². The fraction of sp³-hybridized carbons (Fsp3) is 0.776. The summed E-state index contributed by atoms with van der Waals surface area (Å²) in [5, 5.41) is 59.3. The summed E-state index contributed by atoms with van der Waals surface area (Å²) < 4.78 is 0. The molecule has 494 valence electrons. The molecule has 10 atom stereocenters. The molecule has 0 saturated heterocycles. The van der Waals surface area contributed by atoms with E-state index < -0.39 is 133 Å². The Hall–Kier alpha value is -6.49. The minimum Gasteiger partial charge on any atom is -0.481 e. The topological polar surface area (TPSA) is 518 Å². The standard InChI is InChI=1S/C29H51N7O12.C29H55N5O4/c1-14(39)24(33-3)21(42)9-16(5-4-8-34-29(31)32)26(45)35-19(13-38)20(41)11-18(12-37)27(46)36-25(15(2)40)22(43)10-17(28(47)48)6-7-23(30)44;1-3-4-5-6-7-8-9-10-11-12-13-14-15-18-28(38)34-25(17-16-21-33-29(31)32)26(36)22-24(23(2)35)19-20-27(30)37/h14-19,24-25,33,37-40H,4-13H2,1-3H3,(H2,30,44)(H,35,45)(H,36,46)(H,47,48)(H4,31,32,34);24-25H,3-22H2,1-2H3,(H2,30,37)(H,34,38)(H4,31,32,33)/t14-,15-,16-,17-,18+,19+,24+,25+;24-,25+/m11/s1. The zero-order chi connectivity index (χ0) is 65.7. The molecule has 0 unspecified atom stereocenters. The number of nitrogens with zero attached hydrogens (tertiary/aromatic N) is 2. The summed E-state index contributed by atoms with van der Waals surface area (Å²) in [5.74, 6) is -12.1. The maximum absolute atomic E-state index is 13.2. The van der Waals surface area contributed by atoms with Crippen molar-refractivity contribution in [2.24, 2.45) is 68.1 Å². The second-order valence-corrected chi connectivity index (χ2v) is 22.1. The van der Waals surface area contributed by atoms with Gasteiger partial charge in [-0.05, 0) is 72.8 Å². The van der Waals surface area contributed by atoms with Crippen LogP contribution in [-0.2, 0) is 52.7 Å². The van der Waals surface area contributed by atoms with E-state index in [4.69, 9.17) is 34.4 Å². The molecule has 5 amide bonds. The van der Waals surface area contributed by atoms with Crippen molar-refractivity contribution in [2.45, 2.75) is 231 Å². The molecule has 0 aromatic heterocycles. The minimum absolute atomic E-state index is 0.0255. The number of primary amides is 2. The summed E-state index contributed by atoms with van der Waals surface area (Å²) in [6.07, 6.45) is 12.9. The van der Waals surface area contributed by atoms with Gasteiger partial charge in [-0.25, -0.2) is 0 Å². The van der Waals surface area contributed by atoms with Gasteiger partial charge in [-0.3, -0.25) is 62.7 Å². The smallest absolute Gasteiger partial charge is 0.306 e. The number of hydrogen-bond donors (Lipinski definition) is 15. The number of aliphatic imine (C=N–C) groups is 2. The molecular weight excluding hydrogens is 1120 g/mol. The SMILES string of the molecule is CCCCCCCCCCCCCCCC(=O)N[C@@H](CCCN=C(N)N)C(=O)C[C@@H](CCC(N)=O)C(C)=O.CN[C@H](C(=O)C[C@@H](CCCN=C(N)N)C(=O)N[C@@H](CO)C(=O)C[C@@H](CO)C(=O)N[C@H](C(=O)C[C@@H](CCC(N)=O)C(=O)O)[C@@H](C)O)[C@@H](C)O. The second kappa shape index (κ2) is 48.6. The number of carboxylic acid groups (broad SMARTS) is 1. The molecule has 0 saturated carbocycles. The number of aliphatic carboxylic acids is 1. The number of nitrogens with one attached hydrogen (secondary N) is 4. The van der Waals surface area contributed by atoms with Crippen LogP contribution in [0.15, 0.2) is 9.98 Å². The first kappa shape index (κ1) is 81.6. The molecule has 21 N–H and O–H groups in total. The largest absolute Gasteiger partial charge is 0.481 e. The lowest BCUT2D eigenvalue weighted by atomic mass is 9.90. The normalized spacial score (nSPS) is 14.5. The molecule has 0 radical (unpaired) electrons. The maximum Gasteiger partial charge on any atom is 0.306 e. The number of carbonyl (C=O) groups excluding carboxylic acids is 10. The zero-order valence-corrected chi connectivity index (χ0v) is 51.6. The number of nitrogens with two attached hydrogens (primary N) is 6. The average molecular weight is 1230 g/mol. The molecule has 28 heteroatoms. The Balaban J connectivity index is 0. The summed E-state index contributed by atoms with van der Waals surface area (Å²) in [6, 6.07) is -4.90. The highest BCUT2D eigenvalue weighted by Crippen LogP contribution is 2.20. The first-order valence-corrected chi connectivity index (χ1v) is 30.2. The number of guanidine groups is 2. The zero-order valence-electron chi connectivity index (χ0n) is 51.6. The van der Waals surface area contributed by atoms with Crippen molar-refractivity contribution >= 4 is 76.3 Å². The number of hydrogen-bond acceptors (Lipinski definition) is 18. The average Bonchev–Trinajstić information content (AvgIpc) is 3.35. The molecule has 0 fully saturated rings. The number of unbranched alkanes of at least 4 members (excludes halogenated alkanes) is 12. The monoisotopic (exact) mass is 1230 g/mol. The third-order valence-corrected chi connectivity index (χ3v) is 14.5. The molecule has 0 heterocycles. The quantitative estimate of drug-likeness (QED) is 0.0214. The summed E-state index contributed by atoms with van der Waals surface area (Å²) in [6.45, 7) is 4.82.